The summed E-state index contributed by atoms with van der Waals surface area (Å²) in [5.41, 5.74) is 9.04. The van der Waals surface area contributed by atoms with Crippen molar-refractivity contribution in [2.24, 2.45) is 5.73 Å². The first kappa shape index (κ1) is 17.9. The highest BCUT2D eigenvalue weighted by Crippen LogP contribution is 2.37. The predicted molar refractivity (Wildman–Crippen MR) is 109 cm³/mol. The maximum atomic E-state index is 6.59. The molecule has 0 saturated carbocycles. The highest BCUT2D eigenvalue weighted by atomic mass is 32.2. The van der Waals surface area contributed by atoms with Crippen molar-refractivity contribution in [1.82, 2.24) is 4.90 Å². The molecular weight excluding hydrogens is 340 g/mol. The van der Waals surface area contributed by atoms with E-state index < -0.39 is 0 Å². The number of hydrogen-bond acceptors (Lipinski definition) is 4. The Morgan fingerprint density at radius 3 is 2.65 bits per heavy atom. The van der Waals surface area contributed by atoms with E-state index in [1.807, 2.05) is 0 Å². The fraction of sp³-hybridized carbons (Fsp3) is 0.455. The highest BCUT2D eigenvalue weighted by Gasteiger charge is 2.36. The minimum absolute atomic E-state index is 0.0744. The molecule has 1 aliphatic carbocycles. The van der Waals surface area contributed by atoms with E-state index in [9.17, 15) is 0 Å². The van der Waals surface area contributed by atoms with Crippen molar-refractivity contribution in [2.45, 2.75) is 48.8 Å². The first-order chi connectivity index (χ1) is 12.7. The lowest BCUT2D eigenvalue weighted by Crippen LogP contribution is -2.51. The van der Waals surface area contributed by atoms with Gasteiger partial charge < -0.3 is 10.5 Å². The van der Waals surface area contributed by atoms with Crippen molar-refractivity contribution >= 4 is 11.8 Å². The largest absolute Gasteiger partial charge is 0.484 e. The lowest BCUT2D eigenvalue weighted by atomic mass is 9.84. The Morgan fingerprint density at radius 2 is 1.88 bits per heavy atom. The van der Waals surface area contributed by atoms with Crippen LogP contribution in [0.2, 0.25) is 0 Å². The van der Waals surface area contributed by atoms with Crippen molar-refractivity contribution in [3.05, 3.63) is 59.7 Å². The number of hydrogen-bond donors (Lipinski definition) is 1. The van der Waals surface area contributed by atoms with Gasteiger partial charge in [0.25, 0.3) is 0 Å². The zero-order chi connectivity index (χ0) is 17.9. The molecule has 3 atom stereocenters. The Kier molecular flexibility index (Phi) is 5.53. The predicted octanol–water partition coefficient (Wildman–Crippen LogP) is 4.27. The summed E-state index contributed by atoms with van der Waals surface area (Å²) < 4.78 is 6.59. The third-order valence-corrected chi connectivity index (χ3v) is 6.44. The molecule has 2 aromatic carbocycles. The van der Waals surface area contributed by atoms with Crippen LogP contribution in [0.1, 0.15) is 36.5 Å². The van der Waals surface area contributed by atoms with E-state index >= 15 is 0 Å². The quantitative estimate of drug-likeness (QED) is 0.818. The summed E-state index contributed by atoms with van der Waals surface area (Å²) in [6.07, 6.45) is 6.76. The van der Waals surface area contributed by atoms with Crippen LogP contribution in [-0.2, 0) is 6.42 Å². The molecule has 2 aliphatic rings. The van der Waals surface area contributed by atoms with Gasteiger partial charge in [-0.1, -0.05) is 24.3 Å². The van der Waals surface area contributed by atoms with E-state index in [0.29, 0.717) is 12.1 Å². The molecule has 2 aromatic rings. The lowest BCUT2D eigenvalue weighted by Gasteiger charge is -2.43. The number of benzene rings is 2. The van der Waals surface area contributed by atoms with Gasteiger partial charge in [-0.15, -0.1) is 11.8 Å². The van der Waals surface area contributed by atoms with Crippen LogP contribution in [-0.4, -0.2) is 36.3 Å². The minimum atomic E-state index is 0.0744. The van der Waals surface area contributed by atoms with Gasteiger partial charge in [0.2, 0.25) is 0 Å². The van der Waals surface area contributed by atoms with E-state index in [4.69, 9.17) is 10.5 Å². The zero-order valence-electron chi connectivity index (χ0n) is 15.4. The Hall–Kier alpha value is -1.49. The maximum Gasteiger partial charge on any atom is 0.139 e. The van der Waals surface area contributed by atoms with Crippen molar-refractivity contribution in [2.75, 3.05) is 19.3 Å². The topological polar surface area (TPSA) is 38.5 Å². The molecule has 0 bridgehead atoms. The normalized spacial score (nSPS) is 26.3. The van der Waals surface area contributed by atoms with Crippen LogP contribution in [0.25, 0.3) is 0 Å². The van der Waals surface area contributed by atoms with Crippen molar-refractivity contribution < 1.29 is 4.74 Å². The number of likely N-dealkylation sites (tertiary alicyclic amines) is 1. The molecule has 1 fully saturated rings. The Balaban J connectivity index is 1.62. The van der Waals surface area contributed by atoms with Gasteiger partial charge in [0.15, 0.2) is 0 Å². The number of rotatable bonds is 4. The third kappa shape index (κ3) is 3.78. The average Bonchev–Trinajstić information content (AvgIpc) is 2.69. The van der Waals surface area contributed by atoms with Crippen molar-refractivity contribution in [1.29, 1.82) is 0 Å². The summed E-state index contributed by atoms with van der Waals surface area (Å²) >= 11 is 1.76. The molecule has 4 heteroatoms. The van der Waals surface area contributed by atoms with Crippen LogP contribution in [0.3, 0.4) is 0 Å². The first-order valence-corrected chi connectivity index (χ1v) is 10.8. The van der Waals surface area contributed by atoms with Crippen LogP contribution in [0.4, 0.5) is 0 Å². The van der Waals surface area contributed by atoms with E-state index in [1.165, 1.54) is 22.4 Å². The van der Waals surface area contributed by atoms with Gasteiger partial charge in [0.05, 0.1) is 6.04 Å². The number of fused-ring (bicyclic) bond motifs is 1. The summed E-state index contributed by atoms with van der Waals surface area (Å²) in [5.74, 6) is 0.954. The second-order valence-corrected chi connectivity index (χ2v) is 8.30. The molecule has 3 nitrogen and oxygen atoms in total. The lowest BCUT2D eigenvalue weighted by molar-refractivity contribution is 0.0367. The molecule has 0 amide bonds. The van der Waals surface area contributed by atoms with Crippen molar-refractivity contribution in [3.63, 3.8) is 0 Å². The van der Waals surface area contributed by atoms with E-state index in [-0.39, 0.29) is 6.10 Å². The summed E-state index contributed by atoms with van der Waals surface area (Å²) in [6, 6.07) is 17.9. The minimum Gasteiger partial charge on any atom is -0.484 e. The molecule has 0 radical (unpaired) electrons. The highest BCUT2D eigenvalue weighted by molar-refractivity contribution is 7.98. The number of thioether (sulfide) groups is 1. The molecule has 1 heterocycles. The van der Waals surface area contributed by atoms with Gasteiger partial charge in [0, 0.05) is 17.5 Å². The van der Waals surface area contributed by atoms with Gasteiger partial charge in [-0.25, -0.2) is 0 Å². The number of ether oxygens (including phenoxy) is 1. The Labute approximate surface area is 160 Å². The molecule has 26 heavy (non-hydrogen) atoms. The standard InChI is InChI=1S/C22H28N2OS/c1-26-19-11-9-18(10-12-19)25-22-20-7-3-2-5-16(20)8-13-21(22)24-14-4-6-17(23)15-24/h2-3,5,7,9-12,17,21-22H,4,6,8,13-15,23H2,1H3/t17-,21+,22+/m1/s1. The van der Waals surface area contributed by atoms with Gasteiger partial charge in [-0.05, 0) is 73.9 Å². The second kappa shape index (κ2) is 8.03. The molecule has 0 aromatic heterocycles. The van der Waals surface area contributed by atoms with E-state index in [1.54, 1.807) is 11.8 Å². The molecule has 1 aliphatic heterocycles. The molecular formula is C22H28N2OS. The van der Waals surface area contributed by atoms with Crippen LogP contribution < -0.4 is 10.5 Å². The second-order valence-electron chi connectivity index (χ2n) is 7.42. The SMILES string of the molecule is CSc1ccc(O[C@H]2c3ccccc3CC[C@@H]2N2CCC[C@@H](N)C2)cc1. The monoisotopic (exact) mass is 368 g/mol. The first-order valence-electron chi connectivity index (χ1n) is 9.63. The van der Waals surface area contributed by atoms with E-state index in [2.05, 4.69) is 59.7 Å². The van der Waals surface area contributed by atoms with Gasteiger partial charge >= 0.3 is 0 Å². The molecule has 0 spiro atoms. The van der Waals surface area contributed by atoms with Crippen LogP contribution in [0.5, 0.6) is 5.75 Å². The maximum absolute atomic E-state index is 6.59. The fourth-order valence-electron chi connectivity index (χ4n) is 4.36. The number of aryl methyl sites for hydroxylation is 1. The zero-order valence-corrected chi connectivity index (χ0v) is 16.3. The van der Waals surface area contributed by atoms with Gasteiger partial charge in [-0.3, -0.25) is 4.90 Å². The van der Waals surface area contributed by atoms with Gasteiger partial charge in [0.1, 0.15) is 11.9 Å². The Morgan fingerprint density at radius 1 is 1.08 bits per heavy atom. The van der Waals surface area contributed by atoms with Crippen molar-refractivity contribution in [3.8, 4) is 5.75 Å². The van der Waals surface area contributed by atoms with Crippen LogP contribution >= 0.6 is 11.8 Å². The third-order valence-electron chi connectivity index (χ3n) is 5.70. The van der Waals surface area contributed by atoms with Crippen LogP contribution in [0, 0.1) is 0 Å². The number of nitrogens with two attached hydrogens (primary N) is 1. The molecule has 2 N–H and O–H groups in total. The molecule has 0 unspecified atom stereocenters. The summed E-state index contributed by atoms with van der Waals surface area (Å²) in [7, 11) is 0. The summed E-state index contributed by atoms with van der Waals surface area (Å²) in [6.45, 7) is 2.11. The van der Waals surface area contributed by atoms with Gasteiger partial charge in [-0.2, -0.15) is 0 Å². The summed E-state index contributed by atoms with van der Waals surface area (Å²) in [4.78, 5) is 3.84. The average molecular weight is 369 g/mol. The van der Waals surface area contributed by atoms with E-state index in [0.717, 1.165) is 38.1 Å². The molecule has 1 saturated heterocycles. The number of nitrogens with zero attached hydrogens (tertiary/aromatic N) is 1. The van der Waals surface area contributed by atoms with Crippen LogP contribution in [0.15, 0.2) is 53.4 Å². The Bertz CT molecular complexity index is 733. The number of piperidine rings is 1. The molecule has 4 rings (SSSR count). The fourth-order valence-corrected chi connectivity index (χ4v) is 4.77. The summed E-state index contributed by atoms with van der Waals surface area (Å²) in [5, 5.41) is 0. The molecule has 138 valence electrons. The smallest absolute Gasteiger partial charge is 0.139 e.